The molecule has 0 fully saturated rings. The minimum absolute atomic E-state index is 0.242. The summed E-state index contributed by atoms with van der Waals surface area (Å²) in [6.45, 7) is 0.665. The van der Waals surface area contributed by atoms with Crippen molar-refractivity contribution in [3.05, 3.63) is 100 Å². The second-order valence-electron chi connectivity index (χ2n) is 8.23. The van der Waals surface area contributed by atoms with Crippen LogP contribution in [0.2, 0.25) is 5.02 Å². The Labute approximate surface area is 183 Å². The Kier molecular flexibility index (Phi) is 5.25. The zero-order chi connectivity index (χ0) is 20.7. The average Bonchev–Trinajstić information content (AvgIpc) is 2.78. The van der Waals surface area contributed by atoms with Crippen LogP contribution in [-0.2, 0) is 13.0 Å². The molecule has 0 bridgehead atoms. The van der Waals surface area contributed by atoms with Gasteiger partial charge in [-0.2, -0.15) is 0 Å². The van der Waals surface area contributed by atoms with E-state index in [0.717, 1.165) is 41.1 Å². The highest BCUT2D eigenvalue weighted by Gasteiger charge is 2.40. The monoisotopic (exact) mass is 418 g/mol. The summed E-state index contributed by atoms with van der Waals surface area (Å²) in [5.74, 6) is 0. The van der Waals surface area contributed by atoms with E-state index in [-0.39, 0.29) is 18.5 Å². The van der Waals surface area contributed by atoms with Crippen LogP contribution in [0, 0.1) is 0 Å². The van der Waals surface area contributed by atoms with E-state index >= 15 is 0 Å². The van der Waals surface area contributed by atoms with E-state index in [0.29, 0.717) is 6.54 Å². The lowest BCUT2D eigenvalue weighted by Gasteiger charge is -2.51. The van der Waals surface area contributed by atoms with Crippen molar-refractivity contribution < 1.29 is 0 Å². The van der Waals surface area contributed by atoms with E-state index < -0.39 is 0 Å². The van der Waals surface area contributed by atoms with Crippen molar-refractivity contribution >= 4 is 17.3 Å². The third-order valence-corrected chi connectivity index (χ3v) is 6.72. The summed E-state index contributed by atoms with van der Waals surface area (Å²) in [5.41, 5.74) is 19.9. The van der Waals surface area contributed by atoms with Crippen molar-refractivity contribution in [1.29, 1.82) is 0 Å². The van der Waals surface area contributed by atoms with Crippen molar-refractivity contribution in [3.63, 3.8) is 0 Å². The standard InChI is InChI=1S/C25H27ClN4/c26-19-14-12-17(13-15-19)16-29-24(27)21-9-3-4-10-23(21)30(25(29)28)22-11-5-7-18-6-1-2-8-20(18)22/h1-4,6,8-10,12-15,22,24-25H,5,7,11,16,27-28H2. The van der Waals surface area contributed by atoms with Crippen LogP contribution in [0.5, 0.6) is 0 Å². The van der Waals surface area contributed by atoms with Gasteiger partial charge in [0, 0.05) is 22.8 Å². The molecule has 0 amide bonds. The highest BCUT2D eigenvalue weighted by Crippen LogP contribution is 2.44. The summed E-state index contributed by atoms with van der Waals surface area (Å²) in [6.07, 6.45) is 2.80. The number of nitrogens with two attached hydrogens (primary N) is 2. The third-order valence-electron chi connectivity index (χ3n) is 6.47. The molecular formula is C25H27ClN4. The van der Waals surface area contributed by atoms with Gasteiger partial charge in [-0.3, -0.25) is 5.73 Å². The maximum absolute atomic E-state index is 6.94. The van der Waals surface area contributed by atoms with E-state index in [9.17, 15) is 0 Å². The smallest absolute Gasteiger partial charge is 0.137 e. The fourth-order valence-corrected chi connectivity index (χ4v) is 5.11. The van der Waals surface area contributed by atoms with Gasteiger partial charge in [0.25, 0.3) is 0 Å². The van der Waals surface area contributed by atoms with Gasteiger partial charge in [0.15, 0.2) is 0 Å². The minimum Gasteiger partial charge on any atom is -0.336 e. The number of aryl methyl sites for hydroxylation is 1. The molecule has 1 heterocycles. The molecule has 0 saturated heterocycles. The molecule has 1 aliphatic carbocycles. The van der Waals surface area contributed by atoms with E-state index in [2.05, 4.69) is 58.3 Å². The van der Waals surface area contributed by atoms with Gasteiger partial charge >= 0.3 is 0 Å². The van der Waals surface area contributed by atoms with E-state index in [1.807, 2.05) is 24.3 Å². The predicted octanol–water partition coefficient (Wildman–Crippen LogP) is 4.94. The van der Waals surface area contributed by atoms with E-state index in [1.54, 1.807) is 0 Å². The molecule has 4 N–H and O–H groups in total. The van der Waals surface area contributed by atoms with Crippen LogP contribution in [0.15, 0.2) is 72.8 Å². The number of benzene rings is 3. The maximum Gasteiger partial charge on any atom is 0.137 e. The molecule has 5 rings (SSSR count). The van der Waals surface area contributed by atoms with Crippen LogP contribution < -0.4 is 16.4 Å². The zero-order valence-corrected chi connectivity index (χ0v) is 17.7. The minimum atomic E-state index is -0.318. The van der Waals surface area contributed by atoms with Crippen LogP contribution in [0.3, 0.4) is 0 Å². The number of nitrogens with zero attached hydrogens (tertiary/aromatic N) is 2. The van der Waals surface area contributed by atoms with Gasteiger partial charge in [-0.25, -0.2) is 4.90 Å². The van der Waals surface area contributed by atoms with Crippen molar-refractivity contribution in [2.75, 3.05) is 4.90 Å². The van der Waals surface area contributed by atoms with Gasteiger partial charge in [-0.1, -0.05) is 66.2 Å². The molecule has 3 atom stereocenters. The first-order chi connectivity index (χ1) is 14.6. The molecule has 0 saturated carbocycles. The Morgan fingerprint density at radius 3 is 2.37 bits per heavy atom. The summed E-state index contributed by atoms with van der Waals surface area (Å²) in [5, 5.41) is 0.733. The fourth-order valence-electron chi connectivity index (χ4n) is 4.98. The van der Waals surface area contributed by atoms with Crippen molar-refractivity contribution in [2.45, 2.75) is 44.3 Å². The maximum atomic E-state index is 6.94. The predicted molar refractivity (Wildman–Crippen MR) is 123 cm³/mol. The van der Waals surface area contributed by atoms with Crippen molar-refractivity contribution in [1.82, 2.24) is 4.90 Å². The Balaban J connectivity index is 1.56. The zero-order valence-electron chi connectivity index (χ0n) is 16.9. The molecular weight excluding hydrogens is 392 g/mol. The van der Waals surface area contributed by atoms with Crippen molar-refractivity contribution in [3.8, 4) is 0 Å². The Morgan fingerprint density at radius 2 is 1.57 bits per heavy atom. The number of rotatable bonds is 3. The third kappa shape index (κ3) is 3.40. The number of halogens is 1. The summed E-state index contributed by atoms with van der Waals surface area (Å²) < 4.78 is 0. The van der Waals surface area contributed by atoms with Gasteiger partial charge in [-0.15, -0.1) is 0 Å². The van der Waals surface area contributed by atoms with Gasteiger partial charge in [0.05, 0.1) is 12.2 Å². The Bertz CT molecular complexity index is 1040. The SMILES string of the molecule is NC1c2ccccc2N(C2CCCc3ccccc32)C(N)N1Cc1ccc(Cl)cc1. The molecule has 0 aromatic heterocycles. The van der Waals surface area contributed by atoms with E-state index in [4.69, 9.17) is 23.1 Å². The van der Waals surface area contributed by atoms with Crippen LogP contribution in [-0.4, -0.2) is 11.2 Å². The van der Waals surface area contributed by atoms with Gasteiger partial charge < -0.3 is 10.6 Å². The highest BCUT2D eigenvalue weighted by atomic mass is 35.5. The lowest BCUT2D eigenvalue weighted by atomic mass is 9.85. The molecule has 2 aliphatic rings. The van der Waals surface area contributed by atoms with Gasteiger partial charge in [0.1, 0.15) is 6.29 Å². The molecule has 4 nitrogen and oxygen atoms in total. The van der Waals surface area contributed by atoms with Gasteiger partial charge in [-0.05, 0) is 54.2 Å². The number of fused-ring (bicyclic) bond motifs is 2. The molecule has 0 spiro atoms. The molecule has 3 aromatic carbocycles. The summed E-state index contributed by atoms with van der Waals surface area (Å²) in [7, 11) is 0. The molecule has 5 heteroatoms. The normalized spacial score (nSPS) is 23.7. The summed E-state index contributed by atoms with van der Waals surface area (Å²) in [6, 6.07) is 25.4. The van der Waals surface area contributed by atoms with Gasteiger partial charge in [0.2, 0.25) is 0 Å². The molecule has 3 unspecified atom stereocenters. The Hall–Kier alpha value is -2.37. The first-order valence-electron chi connectivity index (χ1n) is 10.6. The van der Waals surface area contributed by atoms with Crippen molar-refractivity contribution in [2.24, 2.45) is 11.5 Å². The topological polar surface area (TPSA) is 58.5 Å². The van der Waals surface area contributed by atoms with Crippen LogP contribution >= 0.6 is 11.6 Å². The summed E-state index contributed by atoms with van der Waals surface area (Å²) in [4.78, 5) is 4.56. The summed E-state index contributed by atoms with van der Waals surface area (Å²) >= 11 is 6.08. The second kappa shape index (κ2) is 8.05. The first-order valence-corrected chi connectivity index (χ1v) is 11.0. The number of hydrogen-bond acceptors (Lipinski definition) is 4. The molecule has 154 valence electrons. The number of anilines is 1. The van der Waals surface area contributed by atoms with Crippen LogP contribution in [0.4, 0.5) is 5.69 Å². The fraction of sp³-hybridized carbons (Fsp3) is 0.280. The highest BCUT2D eigenvalue weighted by molar-refractivity contribution is 6.30. The average molecular weight is 419 g/mol. The van der Waals surface area contributed by atoms with Crippen LogP contribution in [0.1, 0.15) is 47.3 Å². The molecule has 30 heavy (non-hydrogen) atoms. The second-order valence-corrected chi connectivity index (χ2v) is 8.67. The van der Waals surface area contributed by atoms with Crippen LogP contribution in [0.25, 0.3) is 0 Å². The number of para-hydroxylation sites is 1. The quantitative estimate of drug-likeness (QED) is 0.632. The van der Waals surface area contributed by atoms with E-state index in [1.165, 1.54) is 11.1 Å². The lowest BCUT2D eigenvalue weighted by Crippen LogP contribution is -2.61. The largest absolute Gasteiger partial charge is 0.336 e. The lowest BCUT2D eigenvalue weighted by molar-refractivity contribution is 0.104. The molecule has 0 radical (unpaired) electrons. The Morgan fingerprint density at radius 1 is 0.867 bits per heavy atom. The first kappa shape index (κ1) is 19.6. The molecule has 1 aliphatic heterocycles. The number of hydrogen-bond donors (Lipinski definition) is 2. The molecule has 3 aromatic rings.